The number of H-pyrrole nitrogens is 1. The average Bonchev–Trinajstić information content (AvgIpc) is 2.29. The topological polar surface area (TPSA) is 91.5 Å². The molecule has 0 amide bonds. The maximum atomic E-state index is 11.5. The Bertz CT molecular complexity index is 726. The van der Waals surface area contributed by atoms with Crippen molar-refractivity contribution < 1.29 is 0 Å². The first-order valence-corrected chi connectivity index (χ1v) is 4.87. The third-order valence-electron chi connectivity index (χ3n) is 2.02. The summed E-state index contributed by atoms with van der Waals surface area (Å²) < 4.78 is 1.05. The van der Waals surface area contributed by atoms with Crippen LogP contribution in [-0.2, 0) is 0 Å². The molecular weight excluding hydrogens is 244 g/mol. The number of hydrogen-bond donors (Lipinski definition) is 1. The monoisotopic (exact) mass is 248 g/mol. The summed E-state index contributed by atoms with van der Waals surface area (Å²) in [6.45, 7) is 0. The molecule has 0 saturated carbocycles. The van der Waals surface area contributed by atoms with E-state index in [2.05, 4.69) is 4.98 Å². The standard InChI is InChI=1S/C10H5ClN4O2/c11-7-1-2-13-8(3-7)15-5-6(4-12)9(16)14-10(15)17/h1-3,5H,(H,14,16,17). The minimum absolute atomic E-state index is 0.175. The van der Waals surface area contributed by atoms with E-state index in [1.54, 1.807) is 12.1 Å². The van der Waals surface area contributed by atoms with Crippen molar-refractivity contribution in [2.45, 2.75) is 0 Å². The summed E-state index contributed by atoms with van der Waals surface area (Å²) in [5.41, 5.74) is -1.58. The maximum Gasteiger partial charge on any atom is 0.334 e. The number of aromatic nitrogens is 3. The molecule has 2 aromatic heterocycles. The molecule has 7 heteroatoms. The lowest BCUT2D eigenvalue weighted by Crippen LogP contribution is -2.30. The number of nitriles is 1. The highest BCUT2D eigenvalue weighted by molar-refractivity contribution is 6.30. The summed E-state index contributed by atoms with van der Waals surface area (Å²) in [6.07, 6.45) is 2.54. The predicted octanol–water partition coefficient (Wildman–Crippen LogP) is 0.446. The van der Waals surface area contributed by atoms with Crippen molar-refractivity contribution in [1.29, 1.82) is 5.26 Å². The van der Waals surface area contributed by atoms with Crippen molar-refractivity contribution >= 4 is 11.6 Å². The van der Waals surface area contributed by atoms with E-state index < -0.39 is 11.2 Å². The molecule has 0 aromatic carbocycles. The number of nitrogens with zero attached hydrogens (tertiary/aromatic N) is 3. The van der Waals surface area contributed by atoms with Gasteiger partial charge in [-0.1, -0.05) is 11.6 Å². The molecule has 0 aliphatic rings. The predicted molar refractivity (Wildman–Crippen MR) is 60.2 cm³/mol. The number of nitrogens with one attached hydrogen (secondary N) is 1. The molecule has 0 aliphatic heterocycles. The number of halogens is 1. The van der Waals surface area contributed by atoms with Gasteiger partial charge in [0, 0.05) is 23.5 Å². The van der Waals surface area contributed by atoms with Crippen LogP contribution in [0.5, 0.6) is 0 Å². The highest BCUT2D eigenvalue weighted by Crippen LogP contribution is 2.09. The Balaban J connectivity index is 2.73. The van der Waals surface area contributed by atoms with Gasteiger partial charge in [-0.3, -0.25) is 14.3 Å². The van der Waals surface area contributed by atoms with Crippen molar-refractivity contribution in [1.82, 2.24) is 14.5 Å². The number of rotatable bonds is 1. The summed E-state index contributed by atoms with van der Waals surface area (Å²) in [5.74, 6) is 0.232. The van der Waals surface area contributed by atoms with E-state index in [-0.39, 0.29) is 11.4 Å². The van der Waals surface area contributed by atoms with Gasteiger partial charge in [0.1, 0.15) is 17.5 Å². The molecule has 0 unspecified atom stereocenters. The molecule has 0 atom stereocenters. The van der Waals surface area contributed by atoms with E-state index in [4.69, 9.17) is 16.9 Å². The molecule has 0 spiro atoms. The summed E-state index contributed by atoms with van der Waals surface area (Å²) >= 11 is 5.76. The van der Waals surface area contributed by atoms with Crippen LogP contribution in [0.3, 0.4) is 0 Å². The second kappa shape index (κ2) is 4.23. The number of hydrogen-bond acceptors (Lipinski definition) is 4. The van der Waals surface area contributed by atoms with E-state index in [9.17, 15) is 9.59 Å². The van der Waals surface area contributed by atoms with Crippen LogP contribution in [0.2, 0.25) is 5.02 Å². The van der Waals surface area contributed by atoms with Crippen LogP contribution in [-0.4, -0.2) is 14.5 Å². The molecule has 84 valence electrons. The zero-order valence-corrected chi connectivity index (χ0v) is 9.10. The van der Waals surface area contributed by atoms with E-state index in [1.165, 1.54) is 12.3 Å². The summed E-state index contributed by atoms with van der Waals surface area (Å²) in [5, 5.41) is 9.10. The molecule has 0 saturated heterocycles. The Kier molecular flexibility index (Phi) is 2.77. The Morgan fingerprint density at radius 2 is 2.24 bits per heavy atom. The fourth-order valence-corrected chi connectivity index (χ4v) is 1.40. The molecule has 0 radical (unpaired) electrons. The van der Waals surface area contributed by atoms with Gasteiger partial charge in [0.25, 0.3) is 5.56 Å². The zero-order valence-electron chi connectivity index (χ0n) is 8.35. The van der Waals surface area contributed by atoms with Gasteiger partial charge in [-0.25, -0.2) is 9.78 Å². The Hall–Kier alpha value is -2.39. The molecule has 0 bridgehead atoms. The lowest BCUT2D eigenvalue weighted by molar-refractivity contribution is 0.862. The number of aromatic amines is 1. The minimum atomic E-state index is -0.726. The lowest BCUT2D eigenvalue weighted by Gasteiger charge is -2.03. The van der Waals surface area contributed by atoms with Crippen molar-refractivity contribution in [3.8, 4) is 11.9 Å². The van der Waals surface area contributed by atoms with Gasteiger partial charge in [0.15, 0.2) is 0 Å². The van der Waals surface area contributed by atoms with Gasteiger partial charge in [0.2, 0.25) is 0 Å². The Labute approximate surface area is 99.7 Å². The fourth-order valence-electron chi connectivity index (χ4n) is 1.25. The molecule has 2 aromatic rings. The van der Waals surface area contributed by atoms with Crippen molar-refractivity contribution in [2.24, 2.45) is 0 Å². The quantitative estimate of drug-likeness (QED) is 0.793. The van der Waals surface area contributed by atoms with E-state index in [0.717, 1.165) is 10.8 Å². The largest absolute Gasteiger partial charge is 0.334 e. The zero-order chi connectivity index (χ0) is 12.4. The van der Waals surface area contributed by atoms with Gasteiger partial charge in [0.05, 0.1) is 0 Å². The maximum absolute atomic E-state index is 11.5. The molecule has 2 heterocycles. The van der Waals surface area contributed by atoms with Gasteiger partial charge < -0.3 is 0 Å². The van der Waals surface area contributed by atoms with Crippen LogP contribution in [0.1, 0.15) is 5.56 Å². The molecule has 2 rings (SSSR count). The third-order valence-corrected chi connectivity index (χ3v) is 2.25. The van der Waals surface area contributed by atoms with Gasteiger partial charge in [-0.2, -0.15) is 5.26 Å². The van der Waals surface area contributed by atoms with Crippen LogP contribution in [0, 0.1) is 11.3 Å². The summed E-state index contributed by atoms with van der Waals surface area (Å²) in [6, 6.07) is 4.68. The van der Waals surface area contributed by atoms with Crippen LogP contribution in [0.15, 0.2) is 34.1 Å². The van der Waals surface area contributed by atoms with Crippen molar-refractivity contribution in [3.63, 3.8) is 0 Å². The number of pyridine rings is 1. The first-order chi connectivity index (χ1) is 8.11. The average molecular weight is 249 g/mol. The SMILES string of the molecule is N#Cc1cn(-c2cc(Cl)ccn2)c(=O)[nH]c1=O. The van der Waals surface area contributed by atoms with Gasteiger partial charge >= 0.3 is 5.69 Å². The fraction of sp³-hybridized carbons (Fsp3) is 0. The van der Waals surface area contributed by atoms with E-state index in [0.29, 0.717) is 5.02 Å². The highest BCUT2D eigenvalue weighted by atomic mass is 35.5. The molecule has 17 heavy (non-hydrogen) atoms. The highest BCUT2D eigenvalue weighted by Gasteiger charge is 2.06. The van der Waals surface area contributed by atoms with Crippen LogP contribution < -0.4 is 11.2 Å². The smallest absolute Gasteiger partial charge is 0.273 e. The molecular formula is C10H5ClN4O2. The van der Waals surface area contributed by atoms with Crippen LogP contribution in [0.25, 0.3) is 5.82 Å². The third kappa shape index (κ3) is 2.09. The Morgan fingerprint density at radius 1 is 1.47 bits per heavy atom. The van der Waals surface area contributed by atoms with E-state index in [1.807, 2.05) is 4.98 Å². The Morgan fingerprint density at radius 3 is 2.88 bits per heavy atom. The molecule has 6 nitrogen and oxygen atoms in total. The summed E-state index contributed by atoms with van der Waals surface area (Å²) in [4.78, 5) is 28.7. The van der Waals surface area contributed by atoms with E-state index >= 15 is 0 Å². The summed E-state index contributed by atoms with van der Waals surface area (Å²) in [7, 11) is 0. The van der Waals surface area contributed by atoms with Crippen LogP contribution in [0.4, 0.5) is 0 Å². The normalized spacial score (nSPS) is 9.88. The first-order valence-electron chi connectivity index (χ1n) is 4.50. The molecule has 0 aliphatic carbocycles. The first kappa shape index (κ1) is 11.1. The van der Waals surface area contributed by atoms with Crippen LogP contribution >= 0.6 is 11.6 Å². The van der Waals surface area contributed by atoms with Gasteiger partial charge in [-0.05, 0) is 6.07 Å². The molecule has 0 fully saturated rings. The lowest BCUT2D eigenvalue weighted by atomic mass is 10.3. The second-order valence-corrected chi connectivity index (χ2v) is 3.55. The molecule has 1 N–H and O–H groups in total. The van der Waals surface area contributed by atoms with Crippen molar-refractivity contribution in [2.75, 3.05) is 0 Å². The van der Waals surface area contributed by atoms with Crippen molar-refractivity contribution in [3.05, 3.63) is 56.0 Å². The van der Waals surface area contributed by atoms with Gasteiger partial charge in [-0.15, -0.1) is 0 Å². The second-order valence-electron chi connectivity index (χ2n) is 3.12. The minimum Gasteiger partial charge on any atom is -0.273 e.